The van der Waals surface area contributed by atoms with E-state index >= 15 is 0 Å². The summed E-state index contributed by atoms with van der Waals surface area (Å²) in [5, 5.41) is 0. The first-order chi connectivity index (χ1) is 14.5. The number of anilines is 1. The first-order valence-corrected chi connectivity index (χ1v) is 10.4. The SMILES string of the molecule is Cc1ccc(CN2CCC(N(C(=O)c3ccco3)c3ccc(C)c(F)c3)CC2)cc1. The third-order valence-electron chi connectivity index (χ3n) is 5.83. The van der Waals surface area contributed by atoms with Crippen LogP contribution in [0.5, 0.6) is 0 Å². The van der Waals surface area contributed by atoms with E-state index in [1.54, 1.807) is 30.0 Å². The minimum Gasteiger partial charge on any atom is -0.459 e. The van der Waals surface area contributed by atoms with E-state index in [4.69, 9.17) is 4.42 Å². The Hall–Kier alpha value is -2.92. The molecule has 1 amide bonds. The molecule has 1 aliphatic heterocycles. The zero-order chi connectivity index (χ0) is 21.1. The fourth-order valence-electron chi connectivity index (χ4n) is 4.03. The first kappa shape index (κ1) is 20.4. The molecule has 0 saturated carbocycles. The van der Waals surface area contributed by atoms with Crippen LogP contribution in [-0.2, 0) is 6.54 Å². The lowest BCUT2D eigenvalue weighted by Gasteiger charge is -2.38. The minimum absolute atomic E-state index is 0.000950. The lowest BCUT2D eigenvalue weighted by Crippen LogP contribution is -2.47. The summed E-state index contributed by atoms with van der Waals surface area (Å²) in [4.78, 5) is 17.3. The van der Waals surface area contributed by atoms with Crippen LogP contribution < -0.4 is 4.90 Å². The van der Waals surface area contributed by atoms with Crippen molar-refractivity contribution in [3.05, 3.63) is 89.1 Å². The van der Waals surface area contributed by atoms with E-state index in [2.05, 4.69) is 36.1 Å². The number of halogens is 1. The number of amides is 1. The van der Waals surface area contributed by atoms with Crippen LogP contribution in [0.4, 0.5) is 10.1 Å². The zero-order valence-electron chi connectivity index (χ0n) is 17.5. The van der Waals surface area contributed by atoms with Gasteiger partial charge in [-0.3, -0.25) is 9.69 Å². The number of likely N-dealkylation sites (tertiary alicyclic amines) is 1. The zero-order valence-corrected chi connectivity index (χ0v) is 17.5. The predicted molar refractivity (Wildman–Crippen MR) is 116 cm³/mol. The Bertz CT molecular complexity index is 990. The monoisotopic (exact) mass is 406 g/mol. The maximum absolute atomic E-state index is 14.3. The number of carbonyl (C=O) groups is 1. The summed E-state index contributed by atoms with van der Waals surface area (Å²) in [6.45, 7) is 6.48. The quantitative estimate of drug-likeness (QED) is 0.573. The first-order valence-electron chi connectivity index (χ1n) is 10.4. The molecule has 4 nitrogen and oxygen atoms in total. The Morgan fingerprint density at radius 3 is 2.47 bits per heavy atom. The molecule has 1 saturated heterocycles. The highest BCUT2D eigenvalue weighted by atomic mass is 19.1. The molecule has 0 radical (unpaired) electrons. The molecule has 0 aliphatic carbocycles. The molecule has 0 atom stereocenters. The lowest BCUT2D eigenvalue weighted by atomic mass is 10.0. The minimum atomic E-state index is -0.304. The molecular formula is C25H27FN2O2. The van der Waals surface area contributed by atoms with Gasteiger partial charge in [0.2, 0.25) is 0 Å². The van der Waals surface area contributed by atoms with E-state index < -0.39 is 0 Å². The van der Waals surface area contributed by atoms with Crippen molar-refractivity contribution in [3.63, 3.8) is 0 Å². The normalized spacial score (nSPS) is 15.3. The summed E-state index contributed by atoms with van der Waals surface area (Å²) in [5.41, 5.74) is 3.70. The van der Waals surface area contributed by atoms with E-state index in [-0.39, 0.29) is 23.5 Å². The summed E-state index contributed by atoms with van der Waals surface area (Å²) >= 11 is 0. The van der Waals surface area contributed by atoms with Crippen molar-refractivity contribution in [2.75, 3.05) is 18.0 Å². The fourth-order valence-corrected chi connectivity index (χ4v) is 4.03. The van der Waals surface area contributed by atoms with Gasteiger partial charge >= 0.3 is 0 Å². The number of hydrogen-bond acceptors (Lipinski definition) is 3. The third-order valence-corrected chi connectivity index (χ3v) is 5.83. The van der Waals surface area contributed by atoms with E-state index in [9.17, 15) is 9.18 Å². The van der Waals surface area contributed by atoms with Crippen molar-refractivity contribution < 1.29 is 13.6 Å². The van der Waals surface area contributed by atoms with Crippen molar-refractivity contribution in [1.82, 2.24) is 4.90 Å². The van der Waals surface area contributed by atoms with Gasteiger partial charge in [0.15, 0.2) is 5.76 Å². The second kappa shape index (κ2) is 8.84. The number of furan rings is 1. The lowest BCUT2D eigenvalue weighted by molar-refractivity contribution is 0.0931. The molecule has 30 heavy (non-hydrogen) atoms. The number of hydrogen-bond donors (Lipinski definition) is 0. The molecule has 5 heteroatoms. The van der Waals surface area contributed by atoms with Crippen LogP contribution in [0.2, 0.25) is 0 Å². The standard InChI is InChI=1S/C25H27FN2O2/c1-18-5-8-20(9-6-18)17-27-13-11-21(12-14-27)28(25(29)24-4-3-15-30-24)22-10-7-19(2)23(26)16-22/h3-10,15-16,21H,11-14,17H2,1-2H3. The number of carbonyl (C=O) groups excluding carboxylic acids is 1. The maximum Gasteiger partial charge on any atom is 0.294 e. The van der Waals surface area contributed by atoms with Crippen molar-refractivity contribution in [2.45, 2.75) is 39.3 Å². The van der Waals surface area contributed by atoms with Crippen LogP contribution in [0, 0.1) is 19.7 Å². The Morgan fingerprint density at radius 2 is 1.83 bits per heavy atom. The molecule has 0 spiro atoms. The van der Waals surface area contributed by atoms with Crippen LogP contribution in [-0.4, -0.2) is 29.9 Å². The van der Waals surface area contributed by atoms with E-state index in [0.717, 1.165) is 32.5 Å². The molecule has 2 aromatic carbocycles. The molecule has 1 fully saturated rings. The van der Waals surface area contributed by atoms with Gasteiger partial charge in [0.25, 0.3) is 5.91 Å². The summed E-state index contributed by atoms with van der Waals surface area (Å²) < 4.78 is 19.6. The van der Waals surface area contributed by atoms with Crippen molar-refractivity contribution in [3.8, 4) is 0 Å². The van der Waals surface area contributed by atoms with Gasteiger partial charge in [-0.25, -0.2) is 4.39 Å². The molecule has 4 rings (SSSR count). The molecule has 1 aromatic heterocycles. The van der Waals surface area contributed by atoms with Gasteiger partial charge in [-0.1, -0.05) is 35.9 Å². The van der Waals surface area contributed by atoms with Crippen LogP contribution in [0.25, 0.3) is 0 Å². The molecule has 2 heterocycles. The summed E-state index contributed by atoms with van der Waals surface area (Å²) in [6.07, 6.45) is 3.15. The highest BCUT2D eigenvalue weighted by Gasteiger charge is 2.31. The van der Waals surface area contributed by atoms with Gasteiger partial charge in [-0.05, 0) is 62.1 Å². The van der Waals surface area contributed by atoms with Gasteiger partial charge in [-0.15, -0.1) is 0 Å². The molecule has 3 aromatic rings. The van der Waals surface area contributed by atoms with Gasteiger partial charge in [-0.2, -0.15) is 0 Å². The van der Waals surface area contributed by atoms with Crippen LogP contribution in [0.3, 0.4) is 0 Å². The largest absolute Gasteiger partial charge is 0.459 e. The number of rotatable bonds is 5. The van der Waals surface area contributed by atoms with Crippen molar-refractivity contribution in [2.24, 2.45) is 0 Å². The van der Waals surface area contributed by atoms with Crippen molar-refractivity contribution >= 4 is 11.6 Å². The topological polar surface area (TPSA) is 36.7 Å². The summed E-state index contributed by atoms with van der Waals surface area (Å²) in [7, 11) is 0. The Balaban J connectivity index is 1.51. The van der Waals surface area contributed by atoms with E-state index in [1.807, 2.05) is 6.07 Å². The molecule has 0 N–H and O–H groups in total. The fraction of sp³-hybridized carbons (Fsp3) is 0.320. The van der Waals surface area contributed by atoms with Crippen LogP contribution in [0.15, 0.2) is 65.3 Å². The molecular weight excluding hydrogens is 379 g/mol. The highest BCUT2D eigenvalue weighted by Crippen LogP contribution is 2.28. The van der Waals surface area contributed by atoms with Crippen molar-refractivity contribution in [1.29, 1.82) is 0 Å². The molecule has 0 bridgehead atoms. The third kappa shape index (κ3) is 4.46. The average molecular weight is 407 g/mol. The number of benzene rings is 2. The second-order valence-corrected chi connectivity index (χ2v) is 8.08. The van der Waals surface area contributed by atoms with Gasteiger partial charge in [0.1, 0.15) is 5.82 Å². The Morgan fingerprint density at radius 1 is 1.10 bits per heavy atom. The summed E-state index contributed by atoms with van der Waals surface area (Å²) in [5.74, 6) is -0.250. The number of nitrogens with zero attached hydrogens (tertiary/aromatic N) is 2. The van der Waals surface area contributed by atoms with Crippen LogP contribution >= 0.6 is 0 Å². The molecule has 0 unspecified atom stereocenters. The number of piperidine rings is 1. The van der Waals surface area contributed by atoms with Gasteiger partial charge in [0.05, 0.1) is 6.26 Å². The molecule has 156 valence electrons. The molecule has 1 aliphatic rings. The summed E-state index contributed by atoms with van der Waals surface area (Å²) in [6, 6.07) is 17.0. The highest BCUT2D eigenvalue weighted by molar-refractivity contribution is 6.04. The van der Waals surface area contributed by atoms with Gasteiger partial charge < -0.3 is 9.32 Å². The van der Waals surface area contributed by atoms with E-state index in [1.165, 1.54) is 23.5 Å². The smallest absolute Gasteiger partial charge is 0.294 e. The van der Waals surface area contributed by atoms with Gasteiger partial charge in [0, 0.05) is 31.4 Å². The average Bonchev–Trinajstić information content (AvgIpc) is 3.29. The Labute approximate surface area is 176 Å². The number of aryl methyl sites for hydroxylation is 2. The maximum atomic E-state index is 14.3. The Kier molecular flexibility index (Phi) is 6.00. The predicted octanol–water partition coefficient (Wildman–Crippen LogP) is 5.35. The van der Waals surface area contributed by atoms with Crippen LogP contribution in [0.1, 0.15) is 40.1 Å². The second-order valence-electron chi connectivity index (χ2n) is 8.08. The van der Waals surface area contributed by atoms with E-state index in [0.29, 0.717) is 11.3 Å².